The van der Waals surface area contributed by atoms with Gasteiger partial charge in [-0.05, 0) is 49.9 Å². The summed E-state index contributed by atoms with van der Waals surface area (Å²) in [5, 5.41) is 18.6. The number of amides is 2. The van der Waals surface area contributed by atoms with Crippen LogP contribution in [0.4, 0.5) is 10.5 Å². The van der Waals surface area contributed by atoms with Gasteiger partial charge in [-0.2, -0.15) is 5.10 Å². The summed E-state index contributed by atoms with van der Waals surface area (Å²) in [6, 6.07) is 16.1. The number of ether oxygens (including phenoxy) is 1. The Bertz CT molecular complexity index is 1250. The molecule has 35 heavy (non-hydrogen) atoms. The standard InChI is InChI=1S/C26H28N4O5/c1-25(2,22(31)28-16-13-27-30(14-16)26(3,4)23(32)33)29-24(34)35-15-21-19-11-7-5-9-17(19)18-10-6-8-12-20(18)21/h5-14,21H,15H2,1-4H3,(H,28,31)(H,29,34)(H,32,33). The van der Waals surface area contributed by atoms with E-state index in [1.54, 1.807) is 13.8 Å². The van der Waals surface area contributed by atoms with E-state index in [-0.39, 0.29) is 12.5 Å². The highest BCUT2D eigenvalue weighted by molar-refractivity contribution is 5.99. The van der Waals surface area contributed by atoms with Crippen molar-refractivity contribution >= 4 is 23.7 Å². The second-order valence-electron chi connectivity index (χ2n) is 9.57. The summed E-state index contributed by atoms with van der Waals surface area (Å²) in [6.07, 6.45) is 2.07. The number of benzene rings is 2. The van der Waals surface area contributed by atoms with Crippen LogP contribution in [0.5, 0.6) is 0 Å². The van der Waals surface area contributed by atoms with Crippen LogP contribution < -0.4 is 10.6 Å². The van der Waals surface area contributed by atoms with Gasteiger partial charge in [-0.1, -0.05) is 48.5 Å². The minimum atomic E-state index is -1.30. The van der Waals surface area contributed by atoms with E-state index in [2.05, 4.69) is 27.9 Å². The number of alkyl carbamates (subject to hydrolysis) is 1. The molecule has 1 aromatic heterocycles. The maximum Gasteiger partial charge on any atom is 0.408 e. The number of hydrogen-bond donors (Lipinski definition) is 3. The minimum absolute atomic E-state index is 0.0893. The summed E-state index contributed by atoms with van der Waals surface area (Å²) < 4.78 is 6.79. The molecular weight excluding hydrogens is 448 g/mol. The summed E-state index contributed by atoms with van der Waals surface area (Å²) in [5.74, 6) is -1.65. The molecule has 0 saturated heterocycles. The van der Waals surface area contributed by atoms with Gasteiger partial charge in [0, 0.05) is 12.1 Å². The van der Waals surface area contributed by atoms with E-state index in [1.165, 1.54) is 30.9 Å². The largest absolute Gasteiger partial charge is 0.479 e. The number of carboxylic acids is 1. The zero-order chi connectivity index (χ0) is 25.4. The van der Waals surface area contributed by atoms with E-state index in [9.17, 15) is 19.5 Å². The van der Waals surface area contributed by atoms with Crippen LogP contribution in [0.25, 0.3) is 11.1 Å². The molecule has 182 valence electrons. The Hall–Kier alpha value is -4.14. The number of nitrogens with zero attached hydrogens (tertiary/aromatic N) is 2. The van der Waals surface area contributed by atoms with Crippen molar-refractivity contribution in [1.29, 1.82) is 0 Å². The molecule has 0 spiro atoms. The van der Waals surface area contributed by atoms with Gasteiger partial charge >= 0.3 is 12.1 Å². The maximum absolute atomic E-state index is 12.8. The van der Waals surface area contributed by atoms with Gasteiger partial charge in [0.1, 0.15) is 12.1 Å². The Labute approximate surface area is 203 Å². The van der Waals surface area contributed by atoms with Crippen molar-refractivity contribution in [3.8, 4) is 11.1 Å². The number of carboxylic acid groups (broad SMARTS) is 1. The van der Waals surface area contributed by atoms with Crippen molar-refractivity contribution in [2.75, 3.05) is 11.9 Å². The molecule has 3 aromatic rings. The molecule has 1 heterocycles. The maximum atomic E-state index is 12.8. The van der Waals surface area contributed by atoms with Crippen molar-refractivity contribution in [2.45, 2.75) is 44.7 Å². The fourth-order valence-electron chi connectivity index (χ4n) is 4.02. The third-order valence-electron chi connectivity index (χ3n) is 6.26. The predicted molar refractivity (Wildman–Crippen MR) is 130 cm³/mol. The first-order valence-electron chi connectivity index (χ1n) is 11.2. The number of carbonyl (C=O) groups excluding carboxylic acids is 2. The van der Waals surface area contributed by atoms with Crippen LogP contribution >= 0.6 is 0 Å². The first-order valence-corrected chi connectivity index (χ1v) is 11.2. The van der Waals surface area contributed by atoms with Crippen LogP contribution in [0.2, 0.25) is 0 Å². The minimum Gasteiger partial charge on any atom is -0.479 e. The second-order valence-corrected chi connectivity index (χ2v) is 9.57. The topological polar surface area (TPSA) is 123 Å². The normalized spacial score (nSPS) is 13.0. The molecule has 0 aliphatic heterocycles. The van der Waals surface area contributed by atoms with Crippen LogP contribution in [-0.2, 0) is 19.9 Å². The number of hydrogen-bond acceptors (Lipinski definition) is 5. The Balaban J connectivity index is 1.38. The number of nitrogens with one attached hydrogen (secondary N) is 2. The summed E-state index contributed by atoms with van der Waals surface area (Å²) >= 11 is 0. The Morgan fingerprint density at radius 2 is 1.57 bits per heavy atom. The van der Waals surface area contributed by atoms with Gasteiger partial charge < -0.3 is 20.5 Å². The SMILES string of the molecule is CC(C)(NC(=O)OCC1c2ccccc2-c2ccccc21)C(=O)Nc1cnn(C(C)(C)C(=O)O)c1. The van der Waals surface area contributed by atoms with Crippen molar-refractivity contribution < 1.29 is 24.2 Å². The highest BCUT2D eigenvalue weighted by Crippen LogP contribution is 2.44. The molecule has 1 aliphatic rings. The first kappa shape index (κ1) is 24.0. The fourth-order valence-corrected chi connectivity index (χ4v) is 4.02. The van der Waals surface area contributed by atoms with Crippen molar-refractivity contribution in [3.05, 3.63) is 72.1 Å². The van der Waals surface area contributed by atoms with Gasteiger partial charge in [0.2, 0.25) is 5.91 Å². The number of anilines is 1. The monoisotopic (exact) mass is 476 g/mol. The Morgan fingerprint density at radius 1 is 1.00 bits per heavy atom. The molecule has 0 unspecified atom stereocenters. The molecule has 0 atom stereocenters. The van der Waals surface area contributed by atoms with Crippen LogP contribution in [0, 0.1) is 0 Å². The van der Waals surface area contributed by atoms with E-state index in [0.29, 0.717) is 5.69 Å². The average Bonchev–Trinajstić information content (AvgIpc) is 3.40. The molecule has 4 rings (SSSR count). The second kappa shape index (κ2) is 8.90. The lowest BCUT2D eigenvalue weighted by atomic mass is 9.98. The third-order valence-corrected chi connectivity index (χ3v) is 6.26. The first-order chi connectivity index (χ1) is 16.5. The Morgan fingerprint density at radius 3 is 2.14 bits per heavy atom. The summed E-state index contributed by atoms with van der Waals surface area (Å²) in [5.41, 5.74) is 2.18. The molecule has 0 radical (unpaired) electrons. The molecule has 2 amide bonds. The number of fused-ring (bicyclic) bond motifs is 3. The van der Waals surface area contributed by atoms with E-state index in [0.717, 1.165) is 22.3 Å². The summed E-state index contributed by atoms with van der Waals surface area (Å²) in [7, 11) is 0. The van der Waals surface area contributed by atoms with Gasteiger partial charge in [-0.15, -0.1) is 0 Å². The molecular formula is C26H28N4O5. The van der Waals surface area contributed by atoms with E-state index < -0.39 is 29.0 Å². The van der Waals surface area contributed by atoms with Gasteiger partial charge in [0.15, 0.2) is 5.54 Å². The van der Waals surface area contributed by atoms with Crippen LogP contribution in [0.15, 0.2) is 60.9 Å². The third kappa shape index (κ3) is 4.62. The van der Waals surface area contributed by atoms with E-state index in [1.807, 2.05) is 36.4 Å². The summed E-state index contributed by atoms with van der Waals surface area (Å²) in [6.45, 7) is 6.23. The fraction of sp³-hybridized carbons (Fsp3) is 0.308. The average molecular weight is 477 g/mol. The zero-order valence-electron chi connectivity index (χ0n) is 20.0. The molecule has 2 aromatic carbocycles. The number of carbonyl (C=O) groups is 3. The highest BCUT2D eigenvalue weighted by atomic mass is 16.5. The number of aromatic nitrogens is 2. The number of aliphatic carboxylic acids is 1. The van der Waals surface area contributed by atoms with Crippen LogP contribution in [-0.4, -0.2) is 45.0 Å². The Kier molecular flexibility index (Phi) is 6.10. The molecule has 0 fully saturated rings. The molecule has 9 heteroatoms. The lowest BCUT2D eigenvalue weighted by Crippen LogP contribution is -2.52. The van der Waals surface area contributed by atoms with Gasteiger partial charge in [-0.25, -0.2) is 9.59 Å². The molecule has 3 N–H and O–H groups in total. The highest BCUT2D eigenvalue weighted by Gasteiger charge is 2.34. The van der Waals surface area contributed by atoms with Crippen LogP contribution in [0.3, 0.4) is 0 Å². The zero-order valence-corrected chi connectivity index (χ0v) is 20.0. The summed E-state index contributed by atoms with van der Waals surface area (Å²) in [4.78, 5) is 36.8. The molecule has 0 saturated carbocycles. The van der Waals surface area contributed by atoms with E-state index in [4.69, 9.17) is 4.74 Å². The quantitative estimate of drug-likeness (QED) is 0.474. The lowest BCUT2D eigenvalue weighted by molar-refractivity contribution is -0.146. The lowest BCUT2D eigenvalue weighted by Gasteiger charge is -2.25. The number of rotatable bonds is 7. The van der Waals surface area contributed by atoms with Crippen molar-refractivity contribution in [2.24, 2.45) is 0 Å². The molecule has 1 aliphatic carbocycles. The van der Waals surface area contributed by atoms with Gasteiger partial charge in [-0.3, -0.25) is 9.48 Å². The van der Waals surface area contributed by atoms with Gasteiger partial charge in [0.05, 0.1) is 11.9 Å². The predicted octanol–water partition coefficient (Wildman–Crippen LogP) is 3.96. The smallest absolute Gasteiger partial charge is 0.408 e. The van der Waals surface area contributed by atoms with Crippen molar-refractivity contribution in [3.63, 3.8) is 0 Å². The van der Waals surface area contributed by atoms with E-state index >= 15 is 0 Å². The molecule has 0 bridgehead atoms. The molecule has 9 nitrogen and oxygen atoms in total. The van der Waals surface area contributed by atoms with Gasteiger partial charge in [0.25, 0.3) is 0 Å². The van der Waals surface area contributed by atoms with Crippen LogP contribution in [0.1, 0.15) is 44.7 Å². The van der Waals surface area contributed by atoms with Crippen molar-refractivity contribution in [1.82, 2.24) is 15.1 Å².